The fraction of sp³-hybridized carbons (Fsp3) is 0.478. The quantitative estimate of drug-likeness (QED) is 0.519. The van der Waals surface area contributed by atoms with Gasteiger partial charge in [-0.05, 0) is 61.2 Å². The van der Waals surface area contributed by atoms with Crippen LogP contribution in [0, 0.1) is 0 Å². The zero-order valence-electron chi connectivity index (χ0n) is 18.7. The molecule has 0 amide bonds. The van der Waals surface area contributed by atoms with Crippen LogP contribution in [0.3, 0.4) is 0 Å². The topological polar surface area (TPSA) is 84.0 Å². The van der Waals surface area contributed by atoms with E-state index >= 15 is 0 Å². The van der Waals surface area contributed by atoms with Gasteiger partial charge in [0.1, 0.15) is 12.4 Å². The molecule has 1 fully saturated rings. The van der Waals surface area contributed by atoms with Gasteiger partial charge in [0, 0.05) is 38.1 Å². The fourth-order valence-corrected chi connectivity index (χ4v) is 5.41. The highest BCUT2D eigenvalue weighted by atomic mass is 32.2. The second-order valence-electron chi connectivity index (χ2n) is 8.03. The lowest BCUT2D eigenvalue weighted by atomic mass is 10.1. The molecule has 176 valence electrons. The van der Waals surface area contributed by atoms with Gasteiger partial charge in [-0.3, -0.25) is 0 Å². The van der Waals surface area contributed by atoms with Crippen LogP contribution in [0.25, 0.3) is 0 Å². The van der Waals surface area contributed by atoms with E-state index in [2.05, 4.69) is 17.0 Å². The highest BCUT2D eigenvalue weighted by molar-refractivity contribution is 7.91. The SMILES string of the molecule is CCS(=O)(=O)CCOc1ccc(S(=O)(=O)N(C)Cc2ccc(N3CCCCC3)cc2)cc1. The normalized spacial score (nSPS) is 15.2. The molecule has 0 spiro atoms. The molecule has 0 bridgehead atoms. The van der Waals surface area contributed by atoms with Crippen molar-refractivity contribution in [1.82, 2.24) is 4.31 Å². The predicted molar refractivity (Wildman–Crippen MR) is 127 cm³/mol. The first-order valence-electron chi connectivity index (χ1n) is 10.9. The molecule has 1 saturated heterocycles. The van der Waals surface area contributed by atoms with Crippen LogP contribution < -0.4 is 9.64 Å². The first-order chi connectivity index (χ1) is 15.2. The highest BCUT2D eigenvalue weighted by Crippen LogP contribution is 2.23. The van der Waals surface area contributed by atoms with Gasteiger partial charge in [-0.25, -0.2) is 16.8 Å². The molecule has 1 heterocycles. The molecule has 1 aliphatic heterocycles. The van der Waals surface area contributed by atoms with Gasteiger partial charge >= 0.3 is 0 Å². The lowest BCUT2D eigenvalue weighted by Crippen LogP contribution is -2.29. The monoisotopic (exact) mass is 480 g/mol. The molecule has 0 unspecified atom stereocenters. The zero-order valence-corrected chi connectivity index (χ0v) is 20.4. The lowest BCUT2D eigenvalue weighted by molar-refractivity contribution is 0.340. The summed E-state index contributed by atoms with van der Waals surface area (Å²) in [4.78, 5) is 2.54. The van der Waals surface area contributed by atoms with E-state index in [0.29, 0.717) is 5.75 Å². The molecule has 2 aromatic rings. The molecule has 0 aromatic heterocycles. The van der Waals surface area contributed by atoms with Crippen LogP contribution in [-0.4, -0.2) is 59.4 Å². The van der Waals surface area contributed by atoms with Crippen molar-refractivity contribution >= 4 is 25.5 Å². The molecule has 0 saturated carbocycles. The zero-order chi connectivity index (χ0) is 23.2. The molecule has 9 heteroatoms. The number of hydrogen-bond acceptors (Lipinski definition) is 6. The van der Waals surface area contributed by atoms with Gasteiger partial charge in [0.25, 0.3) is 0 Å². The van der Waals surface area contributed by atoms with Crippen molar-refractivity contribution in [3.8, 4) is 5.75 Å². The van der Waals surface area contributed by atoms with Crippen LogP contribution in [0.2, 0.25) is 0 Å². The molecular weight excluding hydrogens is 448 g/mol. The summed E-state index contributed by atoms with van der Waals surface area (Å²) in [6, 6.07) is 14.1. The van der Waals surface area contributed by atoms with Crippen LogP contribution in [0.4, 0.5) is 5.69 Å². The van der Waals surface area contributed by atoms with E-state index in [1.165, 1.54) is 41.4 Å². The molecular formula is C23H32N2O5S2. The van der Waals surface area contributed by atoms with E-state index in [4.69, 9.17) is 4.74 Å². The average Bonchev–Trinajstić information content (AvgIpc) is 2.80. The predicted octanol–water partition coefficient (Wildman–Crippen LogP) is 3.31. The van der Waals surface area contributed by atoms with Crippen molar-refractivity contribution in [3.63, 3.8) is 0 Å². The van der Waals surface area contributed by atoms with Crippen molar-refractivity contribution in [2.75, 3.05) is 43.1 Å². The minimum absolute atomic E-state index is 0.0373. The second-order valence-corrected chi connectivity index (χ2v) is 12.5. The van der Waals surface area contributed by atoms with Gasteiger partial charge in [0.15, 0.2) is 9.84 Å². The Morgan fingerprint density at radius 2 is 1.53 bits per heavy atom. The fourth-order valence-electron chi connectivity index (χ4n) is 3.62. The summed E-state index contributed by atoms with van der Waals surface area (Å²) in [6.07, 6.45) is 3.71. The van der Waals surface area contributed by atoms with Crippen LogP contribution in [0.15, 0.2) is 53.4 Å². The Hall–Kier alpha value is -2.10. The molecule has 1 aliphatic rings. The third kappa shape index (κ3) is 6.46. The summed E-state index contributed by atoms with van der Waals surface area (Å²) < 4.78 is 55.7. The molecule has 2 aromatic carbocycles. The molecule has 0 atom stereocenters. The summed E-state index contributed by atoms with van der Waals surface area (Å²) in [5.74, 6) is 0.440. The number of nitrogens with zero attached hydrogens (tertiary/aromatic N) is 2. The maximum absolute atomic E-state index is 12.9. The summed E-state index contributed by atoms with van der Waals surface area (Å²) >= 11 is 0. The number of benzene rings is 2. The molecule has 3 rings (SSSR count). The Morgan fingerprint density at radius 3 is 2.12 bits per heavy atom. The number of anilines is 1. The smallest absolute Gasteiger partial charge is 0.243 e. The van der Waals surface area contributed by atoms with Gasteiger partial charge in [0.05, 0.1) is 10.6 Å². The summed E-state index contributed by atoms with van der Waals surface area (Å²) in [5.41, 5.74) is 2.11. The summed E-state index contributed by atoms with van der Waals surface area (Å²) in [6.45, 7) is 4.05. The molecule has 32 heavy (non-hydrogen) atoms. The Bertz CT molecular complexity index is 1080. The largest absolute Gasteiger partial charge is 0.493 e. The van der Waals surface area contributed by atoms with E-state index in [0.717, 1.165) is 18.7 Å². The Kier molecular flexibility index (Phi) is 8.19. The minimum atomic E-state index is -3.66. The maximum Gasteiger partial charge on any atom is 0.243 e. The molecule has 0 N–H and O–H groups in total. The molecule has 0 aliphatic carbocycles. The summed E-state index contributed by atoms with van der Waals surface area (Å²) in [5, 5.41) is 0. The standard InChI is InChI=1S/C23H32N2O5S2/c1-3-31(26,27)18-17-30-22-11-13-23(14-12-22)32(28,29)24(2)19-20-7-9-21(10-8-20)25-15-5-4-6-16-25/h7-14H,3-6,15-19H2,1-2H3. The van der Waals surface area contributed by atoms with Crippen molar-refractivity contribution in [2.24, 2.45) is 0 Å². The van der Waals surface area contributed by atoms with E-state index in [1.54, 1.807) is 26.1 Å². The maximum atomic E-state index is 12.9. The van der Waals surface area contributed by atoms with Crippen molar-refractivity contribution in [1.29, 1.82) is 0 Å². The Morgan fingerprint density at radius 1 is 0.906 bits per heavy atom. The molecule has 0 radical (unpaired) electrons. The number of sulfone groups is 1. The number of hydrogen-bond donors (Lipinski definition) is 0. The van der Waals surface area contributed by atoms with Crippen molar-refractivity contribution in [3.05, 3.63) is 54.1 Å². The van der Waals surface area contributed by atoms with E-state index in [9.17, 15) is 16.8 Å². The van der Waals surface area contributed by atoms with Gasteiger partial charge < -0.3 is 9.64 Å². The van der Waals surface area contributed by atoms with Gasteiger partial charge in [-0.15, -0.1) is 0 Å². The van der Waals surface area contributed by atoms with Crippen LogP contribution in [0.1, 0.15) is 31.7 Å². The van der Waals surface area contributed by atoms with Crippen LogP contribution in [0.5, 0.6) is 5.75 Å². The average molecular weight is 481 g/mol. The first kappa shape index (κ1) is 24.5. The van der Waals surface area contributed by atoms with Crippen LogP contribution >= 0.6 is 0 Å². The first-order valence-corrected chi connectivity index (χ1v) is 14.2. The van der Waals surface area contributed by atoms with Gasteiger partial charge in [-0.2, -0.15) is 4.31 Å². The van der Waals surface area contributed by atoms with E-state index in [1.807, 2.05) is 12.1 Å². The van der Waals surface area contributed by atoms with Gasteiger partial charge in [0.2, 0.25) is 10.0 Å². The van der Waals surface area contributed by atoms with Crippen molar-refractivity contribution in [2.45, 2.75) is 37.6 Å². The minimum Gasteiger partial charge on any atom is -0.493 e. The van der Waals surface area contributed by atoms with Crippen LogP contribution in [-0.2, 0) is 26.4 Å². The Labute approximate surface area is 192 Å². The summed E-state index contributed by atoms with van der Waals surface area (Å²) in [7, 11) is -5.20. The molecule has 7 nitrogen and oxygen atoms in total. The van der Waals surface area contributed by atoms with E-state index in [-0.39, 0.29) is 29.6 Å². The lowest BCUT2D eigenvalue weighted by Gasteiger charge is -2.29. The number of rotatable bonds is 10. The second kappa shape index (κ2) is 10.7. The Balaban J connectivity index is 1.59. The number of piperidine rings is 1. The highest BCUT2D eigenvalue weighted by Gasteiger charge is 2.21. The third-order valence-corrected chi connectivity index (χ3v) is 9.18. The van der Waals surface area contributed by atoms with Crippen molar-refractivity contribution < 1.29 is 21.6 Å². The number of sulfonamides is 1. The number of ether oxygens (including phenoxy) is 1. The van der Waals surface area contributed by atoms with Gasteiger partial charge in [-0.1, -0.05) is 19.1 Å². The van der Waals surface area contributed by atoms with E-state index < -0.39 is 19.9 Å². The third-order valence-electron chi connectivity index (χ3n) is 5.70.